The lowest BCUT2D eigenvalue weighted by Gasteiger charge is -2.22. The second-order valence-corrected chi connectivity index (χ2v) is 4.49. The van der Waals surface area contributed by atoms with Crippen LogP contribution in [0, 0.1) is 0 Å². The van der Waals surface area contributed by atoms with Crippen LogP contribution in [-0.4, -0.2) is 61.2 Å². The maximum absolute atomic E-state index is 10.9. The number of nitrogens with zero attached hydrogens (tertiary/aromatic N) is 2. The molecule has 0 spiro atoms. The minimum atomic E-state index is -0.795. The molecule has 0 rings (SSSR count). The van der Waals surface area contributed by atoms with Crippen molar-refractivity contribution in [3.05, 3.63) is 11.6 Å². The first-order valence-electron chi connectivity index (χ1n) is 6.30. The van der Waals surface area contributed by atoms with Gasteiger partial charge in [0.15, 0.2) is 0 Å². The van der Waals surface area contributed by atoms with Crippen molar-refractivity contribution in [2.75, 3.05) is 40.3 Å². The number of rotatable bonds is 9. The molecule has 0 aromatic heterocycles. The van der Waals surface area contributed by atoms with Crippen LogP contribution in [0.1, 0.15) is 26.7 Å². The molecule has 0 saturated heterocycles. The van der Waals surface area contributed by atoms with E-state index in [2.05, 4.69) is 30.8 Å². The molecule has 100 valence electrons. The molecule has 0 aromatic rings. The fourth-order valence-corrected chi connectivity index (χ4v) is 1.57. The molecule has 0 aliphatic heterocycles. The van der Waals surface area contributed by atoms with E-state index in [1.54, 1.807) is 0 Å². The number of carboxylic acids is 1. The summed E-state index contributed by atoms with van der Waals surface area (Å²) in [6.45, 7) is 7.75. The zero-order valence-corrected chi connectivity index (χ0v) is 11.6. The van der Waals surface area contributed by atoms with Crippen molar-refractivity contribution in [3.8, 4) is 0 Å². The van der Waals surface area contributed by atoms with Gasteiger partial charge in [-0.05, 0) is 33.5 Å². The van der Waals surface area contributed by atoms with Crippen molar-refractivity contribution in [2.24, 2.45) is 0 Å². The Morgan fingerprint density at radius 3 is 2.24 bits per heavy atom. The van der Waals surface area contributed by atoms with E-state index in [1.165, 1.54) is 0 Å². The SMILES string of the molecule is CCCN(CC=C(CC)C(=O)O)CCN(C)C. The quantitative estimate of drug-likeness (QED) is 0.625. The van der Waals surface area contributed by atoms with Crippen LogP contribution < -0.4 is 0 Å². The number of likely N-dealkylation sites (N-methyl/N-ethyl adjacent to an activating group) is 1. The highest BCUT2D eigenvalue weighted by atomic mass is 16.4. The molecular weight excluding hydrogens is 216 g/mol. The lowest BCUT2D eigenvalue weighted by atomic mass is 10.2. The van der Waals surface area contributed by atoms with Crippen LogP contribution in [0.15, 0.2) is 11.6 Å². The van der Waals surface area contributed by atoms with Gasteiger partial charge < -0.3 is 10.0 Å². The molecule has 0 amide bonds. The van der Waals surface area contributed by atoms with Crippen LogP contribution >= 0.6 is 0 Å². The molecule has 0 saturated carbocycles. The summed E-state index contributed by atoms with van der Waals surface area (Å²) >= 11 is 0. The highest BCUT2D eigenvalue weighted by Gasteiger charge is 2.06. The van der Waals surface area contributed by atoms with E-state index < -0.39 is 5.97 Å². The van der Waals surface area contributed by atoms with Crippen molar-refractivity contribution >= 4 is 5.97 Å². The number of hydrogen-bond donors (Lipinski definition) is 1. The Balaban J connectivity index is 4.27. The van der Waals surface area contributed by atoms with Gasteiger partial charge in [-0.1, -0.05) is 19.9 Å². The fourth-order valence-electron chi connectivity index (χ4n) is 1.57. The van der Waals surface area contributed by atoms with E-state index in [4.69, 9.17) is 5.11 Å². The van der Waals surface area contributed by atoms with Crippen LogP contribution in [0.3, 0.4) is 0 Å². The third kappa shape index (κ3) is 7.94. The van der Waals surface area contributed by atoms with Gasteiger partial charge in [-0.15, -0.1) is 0 Å². The fraction of sp³-hybridized carbons (Fsp3) is 0.769. The Labute approximate surface area is 105 Å². The summed E-state index contributed by atoms with van der Waals surface area (Å²) in [6, 6.07) is 0. The Bertz CT molecular complexity index is 250. The summed E-state index contributed by atoms with van der Waals surface area (Å²) in [5.41, 5.74) is 0.510. The van der Waals surface area contributed by atoms with Crippen molar-refractivity contribution in [1.29, 1.82) is 0 Å². The Hall–Kier alpha value is -0.870. The van der Waals surface area contributed by atoms with Crippen LogP contribution in [-0.2, 0) is 4.79 Å². The molecular formula is C13H26N2O2. The van der Waals surface area contributed by atoms with E-state index in [-0.39, 0.29) is 0 Å². The van der Waals surface area contributed by atoms with Gasteiger partial charge in [-0.3, -0.25) is 4.90 Å². The molecule has 0 atom stereocenters. The summed E-state index contributed by atoms with van der Waals surface area (Å²) in [5.74, 6) is -0.795. The molecule has 1 N–H and O–H groups in total. The Kier molecular flexibility index (Phi) is 8.72. The van der Waals surface area contributed by atoms with Crippen molar-refractivity contribution in [1.82, 2.24) is 9.80 Å². The first kappa shape index (κ1) is 16.1. The number of aliphatic carboxylic acids is 1. The smallest absolute Gasteiger partial charge is 0.331 e. The molecule has 17 heavy (non-hydrogen) atoms. The van der Waals surface area contributed by atoms with Gasteiger partial charge in [0.05, 0.1) is 0 Å². The topological polar surface area (TPSA) is 43.8 Å². The second kappa shape index (κ2) is 9.19. The molecule has 0 radical (unpaired) electrons. The predicted molar refractivity (Wildman–Crippen MR) is 71.3 cm³/mol. The third-order valence-electron chi connectivity index (χ3n) is 2.65. The minimum Gasteiger partial charge on any atom is -0.478 e. The van der Waals surface area contributed by atoms with Gasteiger partial charge in [0.1, 0.15) is 0 Å². The maximum Gasteiger partial charge on any atom is 0.331 e. The van der Waals surface area contributed by atoms with Gasteiger partial charge in [0, 0.05) is 25.2 Å². The van der Waals surface area contributed by atoms with Gasteiger partial charge in [0.2, 0.25) is 0 Å². The predicted octanol–water partition coefficient (Wildman–Crippen LogP) is 1.68. The summed E-state index contributed by atoms with van der Waals surface area (Å²) in [6.07, 6.45) is 3.52. The minimum absolute atomic E-state index is 0.510. The maximum atomic E-state index is 10.9. The van der Waals surface area contributed by atoms with E-state index >= 15 is 0 Å². The highest BCUT2D eigenvalue weighted by molar-refractivity contribution is 5.86. The zero-order chi connectivity index (χ0) is 13.3. The van der Waals surface area contributed by atoms with Gasteiger partial charge in [-0.2, -0.15) is 0 Å². The number of hydrogen-bond acceptors (Lipinski definition) is 3. The monoisotopic (exact) mass is 242 g/mol. The third-order valence-corrected chi connectivity index (χ3v) is 2.65. The molecule has 0 aliphatic rings. The second-order valence-electron chi connectivity index (χ2n) is 4.49. The summed E-state index contributed by atoms with van der Waals surface area (Å²) in [7, 11) is 4.10. The molecule has 4 nitrogen and oxygen atoms in total. The molecule has 0 aromatic carbocycles. The molecule has 0 unspecified atom stereocenters. The largest absolute Gasteiger partial charge is 0.478 e. The van der Waals surface area contributed by atoms with Crippen molar-refractivity contribution in [3.63, 3.8) is 0 Å². The average molecular weight is 242 g/mol. The number of carboxylic acid groups (broad SMARTS) is 1. The molecule has 0 bridgehead atoms. The van der Waals surface area contributed by atoms with Crippen LogP contribution in [0.2, 0.25) is 0 Å². The zero-order valence-electron chi connectivity index (χ0n) is 11.6. The van der Waals surface area contributed by atoms with Gasteiger partial charge >= 0.3 is 5.97 Å². The van der Waals surface area contributed by atoms with E-state index in [9.17, 15) is 4.79 Å². The lowest BCUT2D eigenvalue weighted by molar-refractivity contribution is -0.132. The van der Waals surface area contributed by atoms with Crippen LogP contribution in [0.5, 0.6) is 0 Å². The van der Waals surface area contributed by atoms with Gasteiger partial charge in [0.25, 0.3) is 0 Å². The summed E-state index contributed by atoms with van der Waals surface area (Å²) in [4.78, 5) is 15.3. The Morgan fingerprint density at radius 2 is 1.82 bits per heavy atom. The first-order valence-corrected chi connectivity index (χ1v) is 6.30. The van der Waals surface area contributed by atoms with E-state index in [1.807, 2.05) is 13.0 Å². The normalized spacial score (nSPS) is 12.5. The first-order chi connectivity index (χ1) is 8.01. The van der Waals surface area contributed by atoms with Crippen LogP contribution in [0.25, 0.3) is 0 Å². The summed E-state index contributed by atoms with van der Waals surface area (Å²) < 4.78 is 0. The lowest BCUT2D eigenvalue weighted by Crippen LogP contribution is -2.32. The van der Waals surface area contributed by atoms with E-state index in [0.29, 0.717) is 12.0 Å². The standard InChI is InChI=1S/C13H26N2O2/c1-5-8-15(11-10-14(3)4)9-7-12(6-2)13(16)17/h7H,5-6,8-11H2,1-4H3,(H,16,17). The Morgan fingerprint density at radius 1 is 1.18 bits per heavy atom. The van der Waals surface area contributed by atoms with Crippen molar-refractivity contribution < 1.29 is 9.90 Å². The molecule has 0 aliphatic carbocycles. The van der Waals surface area contributed by atoms with Crippen molar-refractivity contribution in [2.45, 2.75) is 26.7 Å². The highest BCUT2D eigenvalue weighted by Crippen LogP contribution is 2.02. The average Bonchev–Trinajstić information content (AvgIpc) is 2.25. The molecule has 0 fully saturated rings. The van der Waals surface area contributed by atoms with Gasteiger partial charge in [-0.25, -0.2) is 4.79 Å². The van der Waals surface area contributed by atoms with E-state index in [0.717, 1.165) is 32.6 Å². The summed E-state index contributed by atoms with van der Waals surface area (Å²) in [5, 5.41) is 8.94. The van der Waals surface area contributed by atoms with Crippen LogP contribution in [0.4, 0.5) is 0 Å². The molecule has 0 heterocycles. The molecule has 4 heteroatoms. The number of carbonyl (C=O) groups is 1.